The van der Waals surface area contributed by atoms with Gasteiger partial charge < -0.3 is 21.1 Å². The van der Waals surface area contributed by atoms with Crippen molar-refractivity contribution in [3.63, 3.8) is 0 Å². The number of nitrogens with one attached hydrogen (secondary N) is 2. The lowest BCUT2D eigenvalue weighted by atomic mass is 10.1. The van der Waals surface area contributed by atoms with Gasteiger partial charge in [0.15, 0.2) is 6.61 Å². The second-order valence-electron chi connectivity index (χ2n) is 5.29. The lowest BCUT2D eigenvalue weighted by molar-refractivity contribution is -0.119. The highest BCUT2D eigenvalue weighted by atomic mass is 16.5. The van der Waals surface area contributed by atoms with Crippen LogP contribution in [0.3, 0.4) is 0 Å². The molecular weight excluding hydrogens is 338 g/mol. The SMILES string of the molecule is CC(=O)Nc1ccc(C(=O)OCC(=O)Nc2ccccc2C(N)=O)cc1. The average molecular weight is 355 g/mol. The Balaban J connectivity index is 1.92. The molecule has 26 heavy (non-hydrogen) atoms. The van der Waals surface area contributed by atoms with Crippen molar-refractivity contribution < 1.29 is 23.9 Å². The molecule has 2 aromatic carbocycles. The van der Waals surface area contributed by atoms with E-state index in [2.05, 4.69) is 10.6 Å². The Bertz CT molecular complexity index is 846. The third-order valence-electron chi connectivity index (χ3n) is 3.24. The number of primary amides is 1. The van der Waals surface area contributed by atoms with Crippen molar-refractivity contribution in [2.45, 2.75) is 6.92 Å². The number of rotatable bonds is 6. The summed E-state index contributed by atoms with van der Waals surface area (Å²) in [6, 6.07) is 12.2. The fourth-order valence-corrected chi connectivity index (χ4v) is 2.10. The molecule has 0 aliphatic carbocycles. The Labute approximate surface area is 149 Å². The molecule has 0 aliphatic heterocycles. The lowest BCUT2D eigenvalue weighted by Crippen LogP contribution is -2.23. The summed E-state index contributed by atoms with van der Waals surface area (Å²) in [5, 5.41) is 5.03. The maximum Gasteiger partial charge on any atom is 0.338 e. The first-order valence-corrected chi connectivity index (χ1v) is 7.60. The Morgan fingerprint density at radius 1 is 0.962 bits per heavy atom. The molecule has 4 N–H and O–H groups in total. The fraction of sp³-hybridized carbons (Fsp3) is 0.111. The van der Waals surface area contributed by atoms with Crippen molar-refractivity contribution in [2.75, 3.05) is 17.2 Å². The van der Waals surface area contributed by atoms with Gasteiger partial charge in [-0.05, 0) is 36.4 Å². The number of carbonyl (C=O) groups is 4. The van der Waals surface area contributed by atoms with Gasteiger partial charge in [-0.2, -0.15) is 0 Å². The molecule has 8 heteroatoms. The number of nitrogens with two attached hydrogens (primary N) is 1. The number of ether oxygens (including phenoxy) is 1. The summed E-state index contributed by atoms with van der Waals surface area (Å²) < 4.78 is 4.93. The van der Waals surface area contributed by atoms with E-state index in [1.807, 2.05) is 0 Å². The van der Waals surface area contributed by atoms with Gasteiger partial charge in [-0.1, -0.05) is 12.1 Å². The van der Waals surface area contributed by atoms with Crippen molar-refractivity contribution >= 4 is 35.1 Å². The zero-order chi connectivity index (χ0) is 19.1. The summed E-state index contributed by atoms with van der Waals surface area (Å²) in [7, 11) is 0. The molecule has 0 unspecified atom stereocenters. The number of carbonyl (C=O) groups excluding carboxylic acids is 4. The van der Waals surface area contributed by atoms with Crippen LogP contribution in [0.4, 0.5) is 11.4 Å². The molecule has 0 saturated carbocycles. The highest BCUT2D eigenvalue weighted by Gasteiger charge is 2.13. The van der Waals surface area contributed by atoms with Gasteiger partial charge in [0.25, 0.3) is 11.8 Å². The van der Waals surface area contributed by atoms with Crippen molar-refractivity contribution in [2.24, 2.45) is 5.73 Å². The van der Waals surface area contributed by atoms with Crippen LogP contribution in [-0.4, -0.2) is 30.3 Å². The number of hydrogen-bond donors (Lipinski definition) is 3. The number of esters is 1. The van der Waals surface area contributed by atoms with Crippen molar-refractivity contribution in [3.05, 3.63) is 59.7 Å². The second-order valence-corrected chi connectivity index (χ2v) is 5.29. The molecule has 8 nitrogen and oxygen atoms in total. The molecule has 2 rings (SSSR count). The van der Waals surface area contributed by atoms with E-state index in [0.717, 1.165) is 0 Å². The van der Waals surface area contributed by atoms with E-state index in [9.17, 15) is 19.2 Å². The molecule has 0 aliphatic rings. The molecule has 0 fully saturated rings. The van der Waals surface area contributed by atoms with E-state index in [0.29, 0.717) is 5.69 Å². The standard InChI is InChI=1S/C18H17N3O5/c1-11(22)20-13-8-6-12(7-9-13)18(25)26-10-16(23)21-15-5-3-2-4-14(15)17(19)24/h2-9H,10H2,1H3,(H2,19,24)(H,20,22)(H,21,23). The van der Waals surface area contributed by atoms with Crippen LogP contribution in [0.1, 0.15) is 27.6 Å². The van der Waals surface area contributed by atoms with Crippen molar-refractivity contribution in [1.82, 2.24) is 0 Å². The normalized spacial score (nSPS) is 9.88. The lowest BCUT2D eigenvalue weighted by Gasteiger charge is -2.09. The number of hydrogen-bond acceptors (Lipinski definition) is 5. The van der Waals surface area contributed by atoms with Crippen LogP contribution in [-0.2, 0) is 14.3 Å². The zero-order valence-corrected chi connectivity index (χ0v) is 13.9. The van der Waals surface area contributed by atoms with Crippen LogP contribution in [0.15, 0.2) is 48.5 Å². The van der Waals surface area contributed by atoms with Gasteiger partial charge in [0.1, 0.15) is 0 Å². The first-order chi connectivity index (χ1) is 12.4. The van der Waals surface area contributed by atoms with E-state index in [1.165, 1.54) is 31.2 Å². The van der Waals surface area contributed by atoms with Gasteiger partial charge in [0.2, 0.25) is 5.91 Å². The van der Waals surface area contributed by atoms with Gasteiger partial charge in [-0.15, -0.1) is 0 Å². The second kappa shape index (κ2) is 8.43. The number of amides is 3. The number of benzene rings is 2. The Morgan fingerprint density at radius 3 is 2.23 bits per heavy atom. The van der Waals surface area contributed by atoms with Crippen LogP contribution < -0.4 is 16.4 Å². The molecule has 134 valence electrons. The van der Waals surface area contributed by atoms with E-state index >= 15 is 0 Å². The summed E-state index contributed by atoms with van der Waals surface area (Å²) in [5.41, 5.74) is 6.38. The third kappa shape index (κ3) is 5.17. The Kier molecular flexibility index (Phi) is 6.05. The molecule has 0 bridgehead atoms. The minimum Gasteiger partial charge on any atom is -0.452 e. The minimum atomic E-state index is -0.697. The van der Waals surface area contributed by atoms with Crippen LogP contribution >= 0.6 is 0 Å². The van der Waals surface area contributed by atoms with Crippen molar-refractivity contribution in [3.8, 4) is 0 Å². The third-order valence-corrected chi connectivity index (χ3v) is 3.24. The van der Waals surface area contributed by atoms with E-state index in [1.54, 1.807) is 24.3 Å². The zero-order valence-electron chi connectivity index (χ0n) is 13.9. The summed E-state index contributed by atoms with van der Waals surface area (Å²) in [5.74, 6) is -2.22. The molecule has 3 amide bonds. The summed E-state index contributed by atoms with van der Waals surface area (Å²) >= 11 is 0. The van der Waals surface area contributed by atoms with E-state index < -0.39 is 24.4 Å². The smallest absolute Gasteiger partial charge is 0.338 e. The number of anilines is 2. The van der Waals surface area contributed by atoms with Gasteiger partial charge >= 0.3 is 5.97 Å². The molecule has 0 aromatic heterocycles. The Morgan fingerprint density at radius 2 is 1.62 bits per heavy atom. The van der Waals surface area contributed by atoms with Crippen molar-refractivity contribution in [1.29, 1.82) is 0 Å². The van der Waals surface area contributed by atoms with E-state index in [-0.39, 0.29) is 22.7 Å². The summed E-state index contributed by atoms with van der Waals surface area (Å²) in [6.07, 6.45) is 0. The van der Waals surface area contributed by atoms with Crippen LogP contribution in [0.25, 0.3) is 0 Å². The summed E-state index contributed by atoms with van der Waals surface area (Å²) in [4.78, 5) is 46.1. The molecule has 0 radical (unpaired) electrons. The van der Waals surface area contributed by atoms with Crippen LogP contribution in [0.2, 0.25) is 0 Å². The monoisotopic (exact) mass is 355 g/mol. The Hall–Kier alpha value is -3.68. The molecule has 0 spiro atoms. The quantitative estimate of drug-likeness (QED) is 0.677. The average Bonchev–Trinajstić information content (AvgIpc) is 2.60. The first-order valence-electron chi connectivity index (χ1n) is 7.60. The first kappa shape index (κ1) is 18.7. The van der Waals surface area contributed by atoms with Gasteiger partial charge in [-0.25, -0.2) is 4.79 Å². The minimum absolute atomic E-state index is 0.153. The number of para-hydroxylation sites is 1. The maximum atomic E-state index is 11.9. The fourth-order valence-electron chi connectivity index (χ4n) is 2.10. The molecule has 0 heterocycles. The van der Waals surface area contributed by atoms with E-state index in [4.69, 9.17) is 10.5 Å². The molecule has 2 aromatic rings. The van der Waals surface area contributed by atoms with Gasteiger partial charge in [0.05, 0.1) is 16.8 Å². The largest absolute Gasteiger partial charge is 0.452 e. The molecule has 0 atom stereocenters. The molecule has 0 saturated heterocycles. The van der Waals surface area contributed by atoms with Crippen LogP contribution in [0, 0.1) is 0 Å². The van der Waals surface area contributed by atoms with Crippen LogP contribution in [0.5, 0.6) is 0 Å². The highest BCUT2D eigenvalue weighted by molar-refractivity contribution is 6.03. The highest BCUT2D eigenvalue weighted by Crippen LogP contribution is 2.14. The predicted molar refractivity (Wildman–Crippen MR) is 94.6 cm³/mol. The maximum absolute atomic E-state index is 11.9. The van der Waals surface area contributed by atoms with Gasteiger partial charge in [-0.3, -0.25) is 14.4 Å². The summed E-state index contributed by atoms with van der Waals surface area (Å²) in [6.45, 7) is 0.844. The topological polar surface area (TPSA) is 128 Å². The van der Waals surface area contributed by atoms with Gasteiger partial charge in [0, 0.05) is 12.6 Å². The molecular formula is C18H17N3O5. The predicted octanol–water partition coefficient (Wildman–Crippen LogP) is 1.54.